The van der Waals surface area contributed by atoms with Crippen molar-refractivity contribution in [3.8, 4) is 5.69 Å². The first-order chi connectivity index (χ1) is 10.8. The second-order valence-electron chi connectivity index (χ2n) is 4.80. The van der Waals surface area contributed by atoms with Crippen molar-refractivity contribution in [3.05, 3.63) is 48.3 Å². The van der Waals surface area contributed by atoms with E-state index >= 15 is 0 Å². The molecule has 126 valence electrons. The Morgan fingerprint density at radius 1 is 1.22 bits per heavy atom. The van der Waals surface area contributed by atoms with Crippen molar-refractivity contribution in [2.75, 3.05) is 32.1 Å². The van der Waals surface area contributed by atoms with Crippen LogP contribution in [0.3, 0.4) is 0 Å². The topological polar surface area (TPSA) is 54.2 Å². The Kier molecular flexibility index (Phi) is 9.77. The molecule has 2 rings (SSSR count). The van der Waals surface area contributed by atoms with Gasteiger partial charge in [0, 0.05) is 32.1 Å². The van der Waals surface area contributed by atoms with Crippen LogP contribution in [0.1, 0.15) is 5.56 Å². The molecule has 23 heavy (non-hydrogen) atoms. The molecule has 1 aromatic heterocycles. The monoisotopic (exact) mass is 445 g/mol. The van der Waals surface area contributed by atoms with E-state index in [2.05, 4.69) is 33.2 Å². The molecule has 0 spiro atoms. The molecule has 0 unspecified atom stereocenters. The lowest BCUT2D eigenvalue weighted by Crippen LogP contribution is -2.39. The molecule has 0 amide bonds. The van der Waals surface area contributed by atoms with E-state index in [1.165, 1.54) is 5.56 Å². The summed E-state index contributed by atoms with van der Waals surface area (Å²) in [5.74, 6) is 1.93. The number of hydrogen-bond donors (Lipinski definition) is 2. The molecule has 0 bridgehead atoms. The fourth-order valence-electron chi connectivity index (χ4n) is 2.03. The number of nitrogens with zero attached hydrogens (tertiary/aromatic N) is 3. The van der Waals surface area contributed by atoms with Crippen LogP contribution in [-0.2, 0) is 6.42 Å². The van der Waals surface area contributed by atoms with E-state index in [0.717, 1.165) is 36.9 Å². The second kappa shape index (κ2) is 11.3. The molecular formula is C16H24IN5S. The minimum atomic E-state index is 0. The zero-order chi connectivity index (χ0) is 15.6. The van der Waals surface area contributed by atoms with Crippen molar-refractivity contribution in [1.82, 2.24) is 20.4 Å². The van der Waals surface area contributed by atoms with Crippen LogP contribution in [0.15, 0.2) is 47.7 Å². The lowest BCUT2D eigenvalue weighted by molar-refractivity contribution is 0.811. The third kappa shape index (κ3) is 6.82. The average molecular weight is 445 g/mol. The van der Waals surface area contributed by atoms with Crippen LogP contribution in [-0.4, -0.2) is 47.9 Å². The van der Waals surface area contributed by atoms with Crippen LogP contribution in [0.4, 0.5) is 0 Å². The smallest absolute Gasteiger partial charge is 0.191 e. The van der Waals surface area contributed by atoms with Crippen molar-refractivity contribution >= 4 is 41.7 Å². The van der Waals surface area contributed by atoms with Crippen LogP contribution >= 0.6 is 35.7 Å². The molecule has 1 aromatic carbocycles. The minimum absolute atomic E-state index is 0. The molecule has 5 nitrogen and oxygen atoms in total. The van der Waals surface area contributed by atoms with Crippen molar-refractivity contribution in [3.63, 3.8) is 0 Å². The number of rotatable bonds is 7. The first kappa shape index (κ1) is 19.8. The standard InChI is InChI=1S/C16H23N5S.HI/c1-17-16(19-10-11-22-2)18-9-8-14-12-20-21(13-14)15-6-4-3-5-7-15;/h3-7,12-13H,8-11H2,1-2H3,(H2,17,18,19);1H. The van der Waals surface area contributed by atoms with Gasteiger partial charge in [-0.15, -0.1) is 24.0 Å². The normalized spacial score (nSPS) is 11.0. The van der Waals surface area contributed by atoms with Crippen LogP contribution < -0.4 is 10.6 Å². The van der Waals surface area contributed by atoms with Gasteiger partial charge < -0.3 is 10.6 Å². The van der Waals surface area contributed by atoms with Crippen LogP contribution in [0, 0.1) is 0 Å². The van der Waals surface area contributed by atoms with Crippen LogP contribution in [0.5, 0.6) is 0 Å². The largest absolute Gasteiger partial charge is 0.356 e. The molecule has 2 aromatic rings. The number of thioether (sulfide) groups is 1. The molecule has 0 saturated carbocycles. The number of aromatic nitrogens is 2. The molecule has 0 aliphatic carbocycles. The summed E-state index contributed by atoms with van der Waals surface area (Å²) in [4.78, 5) is 4.21. The van der Waals surface area contributed by atoms with Gasteiger partial charge in [-0.2, -0.15) is 16.9 Å². The van der Waals surface area contributed by atoms with Crippen molar-refractivity contribution in [2.24, 2.45) is 4.99 Å². The minimum Gasteiger partial charge on any atom is -0.356 e. The molecular weight excluding hydrogens is 421 g/mol. The fourth-order valence-corrected chi connectivity index (χ4v) is 2.33. The molecule has 0 radical (unpaired) electrons. The van der Waals surface area contributed by atoms with Gasteiger partial charge in [-0.25, -0.2) is 4.68 Å². The predicted octanol–water partition coefficient (Wildman–Crippen LogP) is 2.56. The van der Waals surface area contributed by atoms with E-state index in [1.807, 2.05) is 53.0 Å². The fraction of sp³-hybridized carbons (Fsp3) is 0.375. The maximum Gasteiger partial charge on any atom is 0.191 e. The number of para-hydroxylation sites is 1. The summed E-state index contributed by atoms with van der Waals surface area (Å²) < 4.78 is 1.90. The Hall–Kier alpha value is -1.22. The summed E-state index contributed by atoms with van der Waals surface area (Å²) in [6.07, 6.45) is 7.00. The molecule has 0 saturated heterocycles. The third-order valence-electron chi connectivity index (χ3n) is 3.19. The Morgan fingerprint density at radius 2 is 1.96 bits per heavy atom. The van der Waals surface area contributed by atoms with E-state index in [4.69, 9.17) is 0 Å². The summed E-state index contributed by atoms with van der Waals surface area (Å²) in [5, 5.41) is 11.0. The molecule has 0 fully saturated rings. The maximum atomic E-state index is 4.41. The quantitative estimate of drug-likeness (QED) is 0.298. The molecule has 7 heteroatoms. The molecule has 2 N–H and O–H groups in total. The SMILES string of the molecule is CN=C(NCCSC)NCCc1cnn(-c2ccccc2)c1.I. The third-order valence-corrected chi connectivity index (χ3v) is 3.80. The highest BCUT2D eigenvalue weighted by Crippen LogP contribution is 2.07. The van der Waals surface area contributed by atoms with Gasteiger partial charge in [0.2, 0.25) is 0 Å². The van der Waals surface area contributed by atoms with Gasteiger partial charge in [0.15, 0.2) is 5.96 Å². The second-order valence-corrected chi connectivity index (χ2v) is 5.78. The van der Waals surface area contributed by atoms with E-state index < -0.39 is 0 Å². The lowest BCUT2D eigenvalue weighted by Gasteiger charge is -2.10. The molecule has 0 aliphatic rings. The summed E-state index contributed by atoms with van der Waals surface area (Å²) in [6.45, 7) is 1.76. The summed E-state index contributed by atoms with van der Waals surface area (Å²) in [7, 11) is 1.79. The molecule has 0 atom stereocenters. The van der Waals surface area contributed by atoms with Gasteiger partial charge in [-0.1, -0.05) is 18.2 Å². The molecule has 1 heterocycles. The number of nitrogens with one attached hydrogen (secondary N) is 2. The Morgan fingerprint density at radius 3 is 2.65 bits per heavy atom. The van der Waals surface area contributed by atoms with Gasteiger partial charge in [0.25, 0.3) is 0 Å². The predicted molar refractivity (Wildman–Crippen MR) is 110 cm³/mol. The zero-order valence-corrected chi connectivity index (χ0v) is 16.7. The van der Waals surface area contributed by atoms with Gasteiger partial charge in [0.1, 0.15) is 0 Å². The van der Waals surface area contributed by atoms with Crippen LogP contribution in [0.25, 0.3) is 5.69 Å². The average Bonchev–Trinajstić information content (AvgIpc) is 3.03. The Labute approximate surface area is 159 Å². The number of aliphatic imine (C=N–C) groups is 1. The van der Waals surface area contributed by atoms with Crippen molar-refractivity contribution in [2.45, 2.75) is 6.42 Å². The summed E-state index contributed by atoms with van der Waals surface area (Å²) in [6, 6.07) is 10.1. The van der Waals surface area contributed by atoms with Crippen LogP contribution in [0.2, 0.25) is 0 Å². The Balaban J connectivity index is 0.00000264. The van der Waals surface area contributed by atoms with Gasteiger partial charge in [-0.05, 0) is 30.4 Å². The summed E-state index contributed by atoms with van der Waals surface area (Å²) >= 11 is 1.82. The highest BCUT2D eigenvalue weighted by Gasteiger charge is 2.01. The number of guanidine groups is 1. The van der Waals surface area contributed by atoms with E-state index in [0.29, 0.717) is 0 Å². The number of halogens is 1. The maximum absolute atomic E-state index is 4.41. The van der Waals surface area contributed by atoms with Gasteiger partial charge in [0.05, 0.1) is 11.9 Å². The lowest BCUT2D eigenvalue weighted by atomic mass is 10.2. The Bertz CT molecular complexity index is 585. The number of hydrogen-bond acceptors (Lipinski definition) is 3. The van der Waals surface area contributed by atoms with E-state index in [9.17, 15) is 0 Å². The molecule has 0 aliphatic heterocycles. The number of benzene rings is 1. The van der Waals surface area contributed by atoms with E-state index in [-0.39, 0.29) is 24.0 Å². The summed E-state index contributed by atoms with van der Waals surface area (Å²) in [5.41, 5.74) is 2.28. The first-order valence-corrected chi connectivity index (χ1v) is 8.75. The zero-order valence-electron chi connectivity index (χ0n) is 13.5. The van der Waals surface area contributed by atoms with Crippen molar-refractivity contribution < 1.29 is 0 Å². The van der Waals surface area contributed by atoms with Crippen molar-refractivity contribution in [1.29, 1.82) is 0 Å². The highest BCUT2D eigenvalue weighted by molar-refractivity contribution is 14.0. The first-order valence-electron chi connectivity index (χ1n) is 7.36. The van der Waals surface area contributed by atoms with Gasteiger partial charge in [-0.3, -0.25) is 4.99 Å². The highest BCUT2D eigenvalue weighted by atomic mass is 127. The van der Waals surface area contributed by atoms with E-state index in [1.54, 1.807) is 7.05 Å². The van der Waals surface area contributed by atoms with Gasteiger partial charge >= 0.3 is 0 Å².